The highest BCUT2D eigenvalue weighted by atomic mass is 14.9. The number of nitrogens with one attached hydrogen (secondary N) is 1. The second-order valence-electron chi connectivity index (χ2n) is 3.98. The first-order chi connectivity index (χ1) is 5.83. The number of hydrogen-bond acceptors (Lipinski definition) is 2. The summed E-state index contributed by atoms with van der Waals surface area (Å²) in [6.45, 7) is 4.35. The quantitative estimate of drug-likeness (QED) is 0.568. The number of rotatable bonds is 7. The third-order valence-electron chi connectivity index (χ3n) is 2.49. The van der Waals surface area contributed by atoms with Crippen LogP contribution in [-0.2, 0) is 0 Å². The summed E-state index contributed by atoms with van der Waals surface area (Å²) in [4.78, 5) is 0. The van der Waals surface area contributed by atoms with Gasteiger partial charge >= 0.3 is 0 Å². The summed E-state index contributed by atoms with van der Waals surface area (Å²) in [5, 5.41) is 3.42. The molecule has 1 rings (SSSR count). The van der Waals surface area contributed by atoms with E-state index in [2.05, 4.69) is 12.2 Å². The average molecular weight is 170 g/mol. The zero-order valence-corrected chi connectivity index (χ0v) is 8.18. The van der Waals surface area contributed by atoms with E-state index in [1.807, 2.05) is 0 Å². The van der Waals surface area contributed by atoms with Crippen LogP contribution in [-0.4, -0.2) is 19.1 Å². The highest BCUT2D eigenvalue weighted by Gasteiger charge is 2.19. The predicted octanol–water partition coefficient (Wildman–Crippen LogP) is 1.50. The van der Waals surface area contributed by atoms with Crippen molar-refractivity contribution in [3.63, 3.8) is 0 Å². The lowest BCUT2D eigenvalue weighted by atomic mass is 10.2. The molecule has 0 aliphatic heterocycles. The molecule has 0 bridgehead atoms. The van der Waals surface area contributed by atoms with Crippen molar-refractivity contribution in [2.45, 2.75) is 45.1 Å². The molecule has 0 radical (unpaired) electrons. The summed E-state index contributed by atoms with van der Waals surface area (Å²) >= 11 is 0. The third-order valence-corrected chi connectivity index (χ3v) is 2.49. The predicted molar refractivity (Wildman–Crippen MR) is 53.1 cm³/mol. The minimum Gasteiger partial charge on any atom is -0.327 e. The van der Waals surface area contributed by atoms with E-state index in [1.54, 1.807) is 0 Å². The van der Waals surface area contributed by atoms with Crippen LogP contribution < -0.4 is 11.1 Å². The SMILES string of the molecule is CCCC(N)CNCCC1CC1. The van der Waals surface area contributed by atoms with Crippen molar-refractivity contribution >= 4 is 0 Å². The van der Waals surface area contributed by atoms with Gasteiger partial charge in [-0.15, -0.1) is 0 Å². The molecule has 0 aromatic carbocycles. The fourth-order valence-electron chi connectivity index (χ4n) is 1.47. The summed E-state index contributed by atoms with van der Waals surface area (Å²) in [5.41, 5.74) is 5.85. The molecule has 1 aliphatic carbocycles. The first-order valence-electron chi connectivity index (χ1n) is 5.29. The molecule has 2 heteroatoms. The minimum atomic E-state index is 0.370. The number of hydrogen-bond donors (Lipinski definition) is 2. The molecule has 1 fully saturated rings. The summed E-state index contributed by atoms with van der Waals surface area (Å²) in [5.74, 6) is 1.04. The zero-order chi connectivity index (χ0) is 8.81. The molecule has 12 heavy (non-hydrogen) atoms. The van der Waals surface area contributed by atoms with Crippen LogP contribution in [0.25, 0.3) is 0 Å². The molecule has 1 aliphatic rings. The third kappa shape index (κ3) is 4.73. The lowest BCUT2D eigenvalue weighted by Gasteiger charge is -2.10. The van der Waals surface area contributed by atoms with E-state index < -0.39 is 0 Å². The van der Waals surface area contributed by atoms with Crippen molar-refractivity contribution in [2.24, 2.45) is 11.7 Å². The van der Waals surface area contributed by atoms with Gasteiger partial charge in [-0.3, -0.25) is 0 Å². The van der Waals surface area contributed by atoms with Gasteiger partial charge in [0.2, 0.25) is 0 Å². The summed E-state index contributed by atoms with van der Waals surface area (Å²) in [6, 6.07) is 0.370. The van der Waals surface area contributed by atoms with E-state index in [0.29, 0.717) is 6.04 Å². The molecule has 0 amide bonds. The summed E-state index contributed by atoms with van der Waals surface area (Å²) in [7, 11) is 0. The van der Waals surface area contributed by atoms with Gasteiger partial charge in [0.15, 0.2) is 0 Å². The van der Waals surface area contributed by atoms with Crippen LogP contribution in [0.1, 0.15) is 39.0 Å². The maximum absolute atomic E-state index is 5.85. The van der Waals surface area contributed by atoms with Crippen molar-refractivity contribution in [2.75, 3.05) is 13.1 Å². The zero-order valence-electron chi connectivity index (χ0n) is 8.18. The van der Waals surface area contributed by atoms with Crippen LogP contribution in [0.4, 0.5) is 0 Å². The molecular formula is C10H22N2. The number of nitrogens with two attached hydrogens (primary N) is 1. The van der Waals surface area contributed by atoms with Gasteiger partial charge in [-0.25, -0.2) is 0 Å². The summed E-state index contributed by atoms with van der Waals surface area (Å²) < 4.78 is 0. The van der Waals surface area contributed by atoms with Crippen LogP contribution in [0.5, 0.6) is 0 Å². The normalized spacial score (nSPS) is 19.5. The molecule has 1 saturated carbocycles. The molecule has 2 nitrogen and oxygen atoms in total. The molecular weight excluding hydrogens is 148 g/mol. The highest BCUT2D eigenvalue weighted by molar-refractivity contribution is 4.74. The lowest BCUT2D eigenvalue weighted by Crippen LogP contribution is -2.34. The van der Waals surface area contributed by atoms with Gasteiger partial charge in [-0.1, -0.05) is 26.2 Å². The highest BCUT2D eigenvalue weighted by Crippen LogP contribution is 2.31. The minimum absolute atomic E-state index is 0.370. The van der Waals surface area contributed by atoms with Crippen molar-refractivity contribution in [1.29, 1.82) is 0 Å². The smallest absolute Gasteiger partial charge is 0.0165 e. The largest absolute Gasteiger partial charge is 0.327 e. The Labute approximate surface area is 75.9 Å². The molecule has 1 unspecified atom stereocenters. The Hall–Kier alpha value is -0.0800. The van der Waals surface area contributed by atoms with Crippen LogP contribution >= 0.6 is 0 Å². The van der Waals surface area contributed by atoms with Gasteiger partial charge in [-0.2, -0.15) is 0 Å². The molecule has 0 saturated heterocycles. The molecule has 1 atom stereocenters. The van der Waals surface area contributed by atoms with Gasteiger partial charge in [0.25, 0.3) is 0 Å². The Morgan fingerprint density at radius 3 is 2.83 bits per heavy atom. The standard InChI is InChI=1S/C10H22N2/c1-2-3-10(11)8-12-7-6-9-4-5-9/h9-10,12H,2-8,11H2,1H3. The lowest BCUT2D eigenvalue weighted by molar-refractivity contribution is 0.523. The van der Waals surface area contributed by atoms with Gasteiger partial charge in [0.05, 0.1) is 0 Å². The van der Waals surface area contributed by atoms with Crippen molar-refractivity contribution in [1.82, 2.24) is 5.32 Å². The maximum Gasteiger partial charge on any atom is 0.0165 e. The van der Waals surface area contributed by atoms with Gasteiger partial charge < -0.3 is 11.1 Å². The topological polar surface area (TPSA) is 38.0 Å². The van der Waals surface area contributed by atoms with E-state index in [4.69, 9.17) is 5.73 Å². The van der Waals surface area contributed by atoms with E-state index in [1.165, 1.54) is 32.2 Å². The molecule has 0 heterocycles. The fourth-order valence-corrected chi connectivity index (χ4v) is 1.47. The van der Waals surface area contributed by atoms with Gasteiger partial charge in [-0.05, 0) is 25.3 Å². The molecule has 0 aromatic rings. The van der Waals surface area contributed by atoms with Crippen LogP contribution in [0, 0.1) is 5.92 Å². The molecule has 3 N–H and O–H groups in total. The van der Waals surface area contributed by atoms with Crippen molar-refractivity contribution in [3.05, 3.63) is 0 Å². The van der Waals surface area contributed by atoms with E-state index in [9.17, 15) is 0 Å². The van der Waals surface area contributed by atoms with E-state index >= 15 is 0 Å². The second kappa shape index (κ2) is 5.55. The van der Waals surface area contributed by atoms with Crippen LogP contribution in [0.3, 0.4) is 0 Å². The van der Waals surface area contributed by atoms with E-state index in [0.717, 1.165) is 18.9 Å². The van der Waals surface area contributed by atoms with Crippen LogP contribution in [0.2, 0.25) is 0 Å². The Morgan fingerprint density at radius 1 is 1.50 bits per heavy atom. The van der Waals surface area contributed by atoms with Crippen molar-refractivity contribution in [3.8, 4) is 0 Å². The van der Waals surface area contributed by atoms with E-state index in [-0.39, 0.29) is 0 Å². The van der Waals surface area contributed by atoms with Crippen molar-refractivity contribution < 1.29 is 0 Å². The Balaban J connectivity index is 1.80. The van der Waals surface area contributed by atoms with Crippen LogP contribution in [0.15, 0.2) is 0 Å². The van der Waals surface area contributed by atoms with Gasteiger partial charge in [0, 0.05) is 12.6 Å². The first kappa shape index (κ1) is 10.0. The molecule has 0 aromatic heterocycles. The Morgan fingerprint density at radius 2 is 2.25 bits per heavy atom. The average Bonchev–Trinajstić information content (AvgIpc) is 2.82. The Bertz CT molecular complexity index is 110. The Kier molecular flexibility index (Phi) is 4.62. The maximum atomic E-state index is 5.85. The molecule has 72 valence electrons. The first-order valence-corrected chi connectivity index (χ1v) is 5.29. The monoisotopic (exact) mass is 170 g/mol. The molecule has 0 spiro atoms. The fraction of sp³-hybridized carbons (Fsp3) is 1.00. The summed E-state index contributed by atoms with van der Waals surface area (Å²) in [6.07, 6.45) is 6.63. The second-order valence-corrected chi connectivity index (χ2v) is 3.98. The van der Waals surface area contributed by atoms with Gasteiger partial charge in [0.1, 0.15) is 0 Å².